The molecule has 1 aromatic heterocycles. The maximum Gasteiger partial charge on any atom is 0.311 e. The van der Waals surface area contributed by atoms with Gasteiger partial charge in [-0.3, -0.25) is 14.9 Å². The van der Waals surface area contributed by atoms with Gasteiger partial charge in [0.05, 0.1) is 4.92 Å². The molecule has 1 atom stereocenters. The monoisotopic (exact) mass is 340 g/mol. The first-order chi connectivity index (χ1) is 12.1. The lowest BCUT2D eigenvalue weighted by atomic mass is 10.1. The Morgan fingerprint density at radius 2 is 2.04 bits per heavy atom. The molecule has 1 N–H and O–H groups in total. The summed E-state index contributed by atoms with van der Waals surface area (Å²) in [7, 11) is 0. The molecule has 0 unspecified atom stereocenters. The fourth-order valence-electron chi connectivity index (χ4n) is 3.04. The third-order valence-corrected chi connectivity index (χ3v) is 4.35. The van der Waals surface area contributed by atoms with E-state index in [1.54, 1.807) is 0 Å². The number of rotatable bonds is 7. The van der Waals surface area contributed by atoms with Crippen LogP contribution in [0.25, 0.3) is 0 Å². The van der Waals surface area contributed by atoms with Crippen LogP contribution in [-0.2, 0) is 11.2 Å². The number of nitro groups is 1. The summed E-state index contributed by atoms with van der Waals surface area (Å²) in [5.74, 6) is 0.519. The van der Waals surface area contributed by atoms with Crippen molar-refractivity contribution < 1.29 is 9.72 Å². The van der Waals surface area contributed by atoms with Crippen LogP contribution in [0.3, 0.4) is 0 Å². The first-order valence-corrected chi connectivity index (χ1v) is 8.28. The van der Waals surface area contributed by atoms with Gasteiger partial charge < -0.3 is 10.2 Å². The second kappa shape index (κ2) is 7.74. The molecule has 2 aromatic rings. The number of carbonyl (C=O) groups excluding carboxylic acids is 1. The fourth-order valence-corrected chi connectivity index (χ4v) is 3.04. The molecule has 0 aliphatic carbocycles. The van der Waals surface area contributed by atoms with Gasteiger partial charge in [0.1, 0.15) is 0 Å². The highest BCUT2D eigenvalue weighted by Crippen LogP contribution is 2.23. The number of anilines is 1. The predicted molar refractivity (Wildman–Crippen MR) is 94.2 cm³/mol. The largest absolute Gasteiger partial charge is 0.364 e. The van der Waals surface area contributed by atoms with Crippen LogP contribution in [0.4, 0.5) is 11.5 Å². The van der Waals surface area contributed by atoms with E-state index in [1.807, 2.05) is 23.1 Å². The molecule has 7 heteroatoms. The van der Waals surface area contributed by atoms with Crippen molar-refractivity contribution in [1.29, 1.82) is 0 Å². The Hall–Kier alpha value is -2.96. The summed E-state index contributed by atoms with van der Waals surface area (Å²) in [4.78, 5) is 28.6. The predicted octanol–water partition coefficient (Wildman–Crippen LogP) is 2.49. The zero-order valence-corrected chi connectivity index (χ0v) is 13.8. The maximum absolute atomic E-state index is 12.2. The van der Waals surface area contributed by atoms with Gasteiger partial charge in [0.25, 0.3) is 0 Å². The summed E-state index contributed by atoms with van der Waals surface area (Å²) in [5, 5.41) is 14.0. The van der Waals surface area contributed by atoms with Gasteiger partial charge in [0.2, 0.25) is 11.7 Å². The number of amides is 1. The van der Waals surface area contributed by atoms with Gasteiger partial charge in [-0.05, 0) is 18.1 Å². The summed E-state index contributed by atoms with van der Waals surface area (Å²) in [6, 6.07) is 13.0. The average molecular weight is 340 g/mol. The summed E-state index contributed by atoms with van der Waals surface area (Å²) >= 11 is 0. The number of aromatic nitrogens is 1. The highest BCUT2D eigenvalue weighted by molar-refractivity contribution is 5.78. The van der Waals surface area contributed by atoms with Crippen molar-refractivity contribution in [1.82, 2.24) is 9.88 Å². The van der Waals surface area contributed by atoms with E-state index < -0.39 is 4.92 Å². The smallest absolute Gasteiger partial charge is 0.311 e. The molecular formula is C18H20N4O3. The topological polar surface area (TPSA) is 88.4 Å². The lowest BCUT2D eigenvalue weighted by molar-refractivity contribution is -0.384. The van der Waals surface area contributed by atoms with Crippen molar-refractivity contribution in [2.24, 2.45) is 5.92 Å². The van der Waals surface area contributed by atoms with Crippen LogP contribution in [0, 0.1) is 16.0 Å². The van der Waals surface area contributed by atoms with Gasteiger partial charge in [-0.15, -0.1) is 0 Å². The van der Waals surface area contributed by atoms with Crippen LogP contribution in [0.2, 0.25) is 0 Å². The molecule has 1 fully saturated rings. The normalized spacial score (nSPS) is 16.9. The molecule has 2 heterocycles. The Kier molecular flexibility index (Phi) is 5.23. The number of nitrogens with zero attached hydrogens (tertiary/aromatic N) is 3. The molecule has 3 rings (SSSR count). The molecule has 1 aliphatic heterocycles. The molecule has 0 spiro atoms. The Morgan fingerprint density at radius 3 is 2.80 bits per heavy atom. The first-order valence-electron chi connectivity index (χ1n) is 8.28. The van der Waals surface area contributed by atoms with Crippen LogP contribution < -0.4 is 5.32 Å². The van der Waals surface area contributed by atoms with Gasteiger partial charge in [0.15, 0.2) is 0 Å². The molecule has 0 bridgehead atoms. The fraction of sp³-hybridized carbons (Fsp3) is 0.333. The molecule has 130 valence electrons. The van der Waals surface area contributed by atoms with Crippen molar-refractivity contribution in [2.45, 2.75) is 12.8 Å². The Morgan fingerprint density at radius 1 is 1.24 bits per heavy atom. The van der Waals surface area contributed by atoms with E-state index in [-0.39, 0.29) is 23.3 Å². The van der Waals surface area contributed by atoms with E-state index >= 15 is 0 Å². The molecule has 7 nitrogen and oxygen atoms in total. The van der Waals surface area contributed by atoms with Gasteiger partial charge in [-0.25, -0.2) is 4.98 Å². The molecule has 0 radical (unpaired) electrons. The second-order valence-electron chi connectivity index (χ2n) is 6.15. The van der Waals surface area contributed by atoms with E-state index in [0.29, 0.717) is 26.1 Å². The summed E-state index contributed by atoms with van der Waals surface area (Å²) < 4.78 is 0. The standard InChI is InChI=1S/C18H20N4O3/c23-17-11-15(12-20-18-16(22(24)25)7-4-9-19-18)13-21(17)10-8-14-5-2-1-3-6-14/h1-7,9,15H,8,10-13H2,(H,19,20)/t15-/m1/s1. The Labute approximate surface area is 145 Å². The first kappa shape index (κ1) is 16.9. The number of nitrogens with one attached hydrogen (secondary N) is 1. The molecule has 1 aliphatic rings. The van der Waals surface area contributed by atoms with E-state index in [0.717, 1.165) is 6.42 Å². The lowest BCUT2D eigenvalue weighted by Crippen LogP contribution is -2.28. The van der Waals surface area contributed by atoms with Gasteiger partial charge >= 0.3 is 5.69 Å². The molecule has 0 saturated carbocycles. The van der Waals surface area contributed by atoms with Crippen molar-refractivity contribution in [3.63, 3.8) is 0 Å². The zero-order valence-electron chi connectivity index (χ0n) is 13.8. The molecule has 1 saturated heterocycles. The van der Waals surface area contributed by atoms with Crippen LogP contribution in [-0.4, -0.2) is 40.3 Å². The van der Waals surface area contributed by atoms with Gasteiger partial charge in [-0.2, -0.15) is 0 Å². The van der Waals surface area contributed by atoms with Crippen molar-refractivity contribution in [3.8, 4) is 0 Å². The molecule has 25 heavy (non-hydrogen) atoms. The summed E-state index contributed by atoms with van der Waals surface area (Å²) in [6.45, 7) is 1.85. The number of benzene rings is 1. The van der Waals surface area contributed by atoms with E-state index in [2.05, 4.69) is 22.4 Å². The average Bonchev–Trinajstić information content (AvgIpc) is 2.99. The van der Waals surface area contributed by atoms with Crippen LogP contribution in [0.1, 0.15) is 12.0 Å². The van der Waals surface area contributed by atoms with Crippen molar-refractivity contribution >= 4 is 17.4 Å². The number of carbonyl (C=O) groups is 1. The van der Waals surface area contributed by atoms with Crippen molar-refractivity contribution in [3.05, 3.63) is 64.3 Å². The van der Waals surface area contributed by atoms with Crippen molar-refractivity contribution in [2.75, 3.05) is 25.0 Å². The zero-order chi connectivity index (χ0) is 17.6. The highest BCUT2D eigenvalue weighted by atomic mass is 16.6. The SMILES string of the molecule is O=C1C[C@H](CNc2ncccc2[N+](=O)[O-])CN1CCc1ccccc1. The van der Waals surface area contributed by atoms with Crippen LogP contribution >= 0.6 is 0 Å². The van der Waals surface area contributed by atoms with Crippen LogP contribution in [0.5, 0.6) is 0 Å². The maximum atomic E-state index is 12.2. The van der Waals surface area contributed by atoms with Gasteiger partial charge in [-0.1, -0.05) is 30.3 Å². The lowest BCUT2D eigenvalue weighted by Gasteiger charge is -2.17. The Balaban J connectivity index is 1.52. The minimum absolute atomic E-state index is 0.0484. The summed E-state index contributed by atoms with van der Waals surface area (Å²) in [5.41, 5.74) is 1.16. The van der Waals surface area contributed by atoms with Crippen LogP contribution in [0.15, 0.2) is 48.7 Å². The number of likely N-dealkylation sites (tertiary alicyclic amines) is 1. The number of hydrogen-bond donors (Lipinski definition) is 1. The van der Waals surface area contributed by atoms with Gasteiger partial charge in [0, 0.05) is 44.2 Å². The molecule has 1 amide bonds. The number of pyridine rings is 1. The Bertz CT molecular complexity index is 751. The highest BCUT2D eigenvalue weighted by Gasteiger charge is 2.29. The molecular weight excluding hydrogens is 320 g/mol. The van der Waals surface area contributed by atoms with E-state index in [4.69, 9.17) is 0 Å². The third-order valence-electron chi connectivity index (χ3n) is 4.35. The third kappa shape index (κ3) is 4.32. The van der Waals surface area contributed by atoms with E-state index in [1.165, 1.54) is 23.9 Å². The minimum Gasteiger partial charge on any atom is -0.364 e. The number of hydrogen-bond acceptors (Lipinski definition) is 5. The van der Waals surface area contributed by atoms with E-state index in [9.17, 15) is 14.9 Å². The minimum atomic E-state index is -0.457. The quantitative estimate of drug-likeness (QED) is 0.618. The second-order valence-corrected chi connectivity index (χ2v) is 6.15. The molecule has 1 aromatic carbocycles. The summed E-state index contributed by atoms with van der Waals surface area (Å²) in [6.07, 6.45) is 2.81.